The molecule has 4 heteroatoms. The quantitative estimate of drug-likeness (QED) is 0.673. The lowest BCUT2D eigenvalue weighted by molar-refractivity contribution is 0.192. The third-order valence-corrected chi connectivity index (χ3v) is 10.8. The van der Waals surface area contributed by atoms with Crippen LogP contribution >= 0.6 is 0 Å². The lowest BCUT2D eigenvalue weighted by atomic mass is 10.0. The molecule has 0 unspecified atom stereocenters. The Kier molecular flexibility index (Phi) is 5.40. The van der Waals surface area contributed by atoms with Gasteiger partial charge in [0, 0.05) is 13.0 Å². The molecule has 2 heterocycles. The molecule has 2 aliphatic heterocycles. The Hall–Kier alpha value is -1.13. The van der Waals surface area contributed by atoms with Gasteiger partial charge in [0.2, 0.25) is 0 Å². The molecule has 0 spiro atoms. The summed E-state index contributed by atoms with van der Waals surface area (Å²) >= 11 is 0. The molecule has 1 aromatic carbocycles. The van der Waals surface area contributed by atoms with Gasteiger partial charge in [-0.1, -0.05) is 51.1 Å². The molecule has 1 saturated heterocycles. The highest BCUT2D eigenvalue weighted by Crippen LogP contribution is 2.40. The molecule has 1 aromatic rings. The first kappa shape index (κ1) is 18.7. The number of amidine groups is 1. The van der Waals surface area contributed by atoms with Crippen LogP contribution in [0.2, 0.25) is 18.1 Å². The van der Waals surface area contributed by atoms with Crippen molar-refractivity contribution in [1.29, 1.82) is 0 Å². The summed E-state index contributed by atoms with van der Waals surface area (Å²) in [6.07, 6.45) is 4.73. The van der Waals surface area contributed by atoms with Gasteiger partial charge < -0.3 is 9.33 Å². The molecule has 138 valence electrons. The van der Waals surface area contributed by atoms with Crippen molar-refractivity contribution in [2.75, 3.05) is 13.2 Å². The van der Waals surface area contributed by atoms with E-state index in [2.05, 4.69) is 69.1 Å². The molecular weight excluding hydrogens is 324 g/mol. The van der Waals surface area contributed by atoms with E-state index in [0.717, 1.165) is 19.6 Å². The van der Waals surface area contributed by atoms with Gasteiger partial charge in [0.05, 0.1) is 24.5 Å². The van der Waals surface area contributed by atoms with Gasteiger partial charge in [-0.3, -0.25) is 4.99 Å². The zero-order valence-corrected chi connectivity index (χ0v) is 17.6. The lowest BCUT2D eigenvalue weighted by Gasteiger charge is -2.39. The van der Waals surface area contributed by atoms with E-state index < -0.39 is 8.32 Å². The Morgan fingerprint density at radius 1 is 1.16 bits per heavy atom. The summed E-state index contributed by atoms with van der Waals surface area (Å²) in [7, 11) is -1.71. The van der Waals surface area contributed by atoms with E-state index in [1.54, 1.807) is 0 Å². The van der Waals surface area contributed by atoms with Crippen LogP contribution in [0.3, 0.4) is 0 Å². The van der Waals surface area contributed by atoms with E-state index in [0.29, 0.717) is 12.1 Å². The van der Waals surface area contributed by atoms with Crippen molar-refractivity contribution >= 4 is 14.2 Å². The van der Waals surface area contributed by atoms with Gasteiger partial charge in [-0.25, -0.2) is 0 Å². The van der Waals surface area contributed by atoms with Crippen molar-refractivity contribution in [2.45, 2.75) is 76.7 Å². The number of aliphatic imine (C=N–C) groups is 1. The monoisotopic (exact) mass is 358 g/mol. The Morgan fingerprint density at radius 3 is 2.48 bits per heavy atom. The van der Waals surface area contributed by atoms with Crippen molar-refractivity contribution in [3.05, 3.63) is 35.9 Å². The highest BCUT2D eigenvalue weighted by atomic mass is 28.4. The van der Waals surface area contributed by atoms with Crippen molar-refractivity contribution in [2.24, 2.45) is 4.99 Å². The van der Waals surface area contributed by atoms with Gasteiger partial charge in [-0.15, -0.1) is 0 Å². The van der Waals surface area contributed by atoms with Gasteiger partial charge in [0.15, 0.2) is 8.32 Å². The normalized spacial score (nSPS) is 24.7. The summed E-state index contributed by atoms with van der Waals surface area (Å²) in [6.45, 7) is 13.5. The minimum atomic E-state index is -1.71. The average molecular weight is 359 g/mol. The third-order valence-electron chi connectivity index (χ3n) is 6.28. The van der Waals surface area contributed by atoms with E-state index in [1.165, 1.54) is 30.7 Å². The minimum Gasteiger partial charge on any atom is -0.415 e. The maximum Gasteiger partial charge on any atom is 0.192 e. The summed E-state index contributed by atoms with van der Waals surface area (Å²) < 4.78 is 6.59. The number of rotatable bonds is 4. The van der Waals surface area contributed by atoms with Gasteiger partial charge in [-0.2, -0.15) is 0 Å². The Balaban J connectivity index is 1.77. The molecule has 3 nitrogen and oxygen atoms in total. The molecule has 0 amide bonds. The number of hydrogen-bond acceptors (Lipinski definition) is 3. The van der Waals surface area contributed by atoms with E-state index in [4.69, 9.17) is 9.42 Å². The summed E-state index contributed by atoms with van der Waals surface area (Å²) in [4.78, 5) is 7.44. The topological polar surface area (TPSA) is 24.8 Å². The summed E-state index contributed by atoms with van der Waals surface area (Å²) in [6, 6.07) is 11.9. The Labute approximate surface area is 154 Å². The zero-order chi connectivity index (χ0) is 18.1. The predicted octanol–water partition coefficient (Wildman–Crippen LogP) is 5.41. The Morgan fingerprint density at radius 2 is 1.88 bits per heavy atom. The van der Waals surface area contributed by atoms with Crippen LogP contribution in [0.1, 0.15) is 58.1 Å². The van der Waals surface area contributed by atoms with E-state index in [1.807, 2.05) is 0 Å². The number of likely N-dealkylation sites (tertiary alicyclic amines) is 1. The van der Waals surface area contributed by atoms with Crippen molar-refractivity contribution in [3.63, 3.8) is 0 Å². The van der Waals surface area contributed by atoms with Crippen LogP contribution in [0.15, 0.2) is 35.3 Å². The van der Waals surface area contributed by atoms with Crippen molar-refractivity contribution in [1.82, 2.24) is 4.90 Å². The van der Waals surface area contributed by atoms with Crippen molar-refractivity contribution < 1.29 is 4.43 Å². The summed E-state index contributed by atoms with van der Waals surface area (Å²) in [5, 5.41) is 0.264. The SMILES string of the molecule is CC(C)(C)[Si](C)(C)OC[C@@H]1CC[C@@H](c2ccccc2)N1C1=NCCC1. The maximum atomic E-state index is 6.59. The summed E-state index contributed by atoms with van der Waals surface area (Å²) in [5.41, 5.74) is 1.42. The second kappa shape index (κ2) is 7.24. The first-order chi connectivity index (χ1) is 11.8. The summed E-state index contributed by atoms with van der Waals surface area (Å²) in [5.74, 6) is 1.31. The molecule has 2 atom stereocenters. The zero-order valence-electron chi connectivity index (χ0n) is 16.6. The van der Waals surface area contributed by atoms with Crippen LogP contribution in [0.25, 0.3) is 0 Å². The third kappa shape index (κ3) is 4.00. The minimum absolute atomic E-state index is 0.264. The predicted molar refractivity (Wildman–Crippen MR) is 109 cm³/mol. The molecule has 1 fully saturated rings. The molecular formula is C21H34N2OSi. The largest absolute Gasteiger partial charge is 0.415 e. The van der Waals surface area contributed by atoms with Gasteiger partial charge in [0.25, 0.3) is 0 Å². The fourth-order valence-electron chi connectivity index (χ4n) is 3.70. The molecule has 0 radical (unpaired) electrons. The molecule has 0 bridgehead atoms. The highest BCUT2D eigenvalue weighted by molar-refractivity contribution is 6.74. The van der Waals surface area contributed by atoms with E-state index in [9.17, 15) is 0 Å². The maximum absolute atomic E-state index is 6.59. The van der Waals surface area contributed by atoms with Crippen LogP contribution in [-0.4, -0.2) is 38.2 Å². The van der Waals surface area contributed by atoms with Crippen LogP contribution in [-0.2, 0) is 4.43 Å². The van der Waals surface area contributed by atoms with Gasteiger partial charge >= 0.3 is 0 Å². The first-order valence-electron chi connectivity index (χ1n) is 9.80. The second-order valence-corrected chi connectivity index (χ2v) is 13.8. The molecule has 25 heavy (non-hydrogen) atoms. The number of benzene rings is 1. The molecule has 0 N–H and O–H groups in total. The lowest BCUT2D eigenvalue weighted by Crippen LogP contribution is -2.46. The molecule has 0 aliphatic carbocycles. The van der Waals surface area contributed by atoms with Gasteiger partial charge in [-0.05, 0) is 43.0 Å². The standard InChI is InChI=1S/C21H34N2OSi/c1-21(2,3)25(4,5)24-16-18-13-14-19(17-10-7-6-8-11-17)23(18)20-12-9-15-22-20/h6-8,10-11,18-19H,9,12-16H2,1-5H3/t18-,19-/m0/s1. The van der Waals surface area contributed by atoms with Crippen LogP contribution in [0, 0.1) is 0 Å². The van der Waals surface area contributed by atoms with Gasteiger partial charge in [0.1, 0.15) is 0 Å². The number of nitrogens with zero attached hydrogens (tertiary/aromatic N) is 2. The highest BCUT2D eigenvalue weighted by Gasteiger charge is 2.41. The fraction of sp³-hybridized carbons (Fsp3) is 0.667. The van der Waals surface area contributed by atoms with E-state index in [-0.39, 0.29) is 5.04 Å². The Bertz CT molecular complexity index is 606. The fourth-order valence-corrected chi connectivity index (χ4v) is 4.74. The number of hydrogen-bond donors (Lipinski definition) is 0. The molecule has 0 aromatic heterocycles. The van der Waals surface area contributed by atoms with Crippen molar-refractivity contribution in [3.8, 4) is 0 Å². The average Bonchev–Trinajstić information content (AvgIpc) is 3.22. The molecule has 2 aliphatic rings. The van der Waals surface area contributed by atoms with Crippen LogP contribution in [0.5, 0.6) is 0 Å². The first-order valence-corrected chi connectivity index (χ1v) is 12.7. The van der Waals surface area contributed by atoms with Crippen LogP contribution in [0.4, 0.5) is 0 Å². The smallest absolute Gasteiger partial charge is 0.192 e. The van der Waals surface area contributed by atoms with Crippen LogP contribution < -0.4 is 0 Å². The molecule has 0 saturated carbocycles. The van der Waals surface area contributed by atoms with E-state index >= 15 is 0 Å². The second-order valence-electron chi connectivity index (χ2n) is 9.04. The molecule has 3 rings (SSSR count).